The van der Waals surface area contributed by atoms with Gasteiger partial charge in [0.05, 0.1) is 19.6 Å². The van der Waals surface area contributed by atoms with Crippen LogP contribution in [0.4, 0.5) is 0 Å². The van der Waals surface area contributed by atoms with Crippen LogP contribution in [-0.4, -0.2) is 49.0 Å². The van der Waals surface area contributed by atoms with Crippen molar-refractivity contribution in [2.45, 2.75) is 12.5 Å². The molecule has 5 heteroatoms. The Morgan fingerprint density at radius 2 is 1.48 bits per heavy atom. The van der Waals surface area contributed by atoms with Crippen LogP contribution in [0.15, 0.2) is 78.9 Å². The summed E-state index contributed by atoms with van der Waals surface area (Å²) in [6.07, 6.45) is 0.420. The molecule has 4 nitrogen and oxygen atoms in total. The Balaban J connectivity index is 1.43. The van der Waals surface area contributed by atoms with Crippen molar-refractivity contribution in [3.63, 3.8) is 0 Å². The van der Waals surface area contributed by atoms with Gasteiger partial charge in [-0.3, -0.25) is 9.69 Å². The fourth-order valence-corrected chi connectivity index (χ4v) is 4.28. The van der Waals surface area contributed by atoms with Crippen LogP contribution in [0.2, 0.25) is 5.02 Å². The fraction of sp³-hybridized carbons (Fsp3) is 0.269. The van der Waals surface area contributed by atoms with Gasteiger partial charge in [-0.05, 0) is 41.0 Å². The molecule has 0 aliphatic carbocycles. The molecule has 0 radical (unpaired) electrons. The number of piperazine rings is 1. The van der Waals surface area contributed by atoms with Crippen molar-refractivity contribution < 1.29 is 9.53 Å². The summed E-state index contributed by atoms with van der Waals surface area (Å²) in [5.74, 6) is 0.978. The minimum absolute atomic E-state index is 0.150. The Kier molecular flexibility index (Phi) is 6.90. The van der Waals surface area contributed by atoms with E-state index in [0.717, 1.165) is 42.5 Å². The van der Waals surface area contributed by atoms with E-state index in [2.05, 4.69) is 41.3 Å². The smallest absolute Gasteiger partial charge is 0.227 e. The van der Waals surface area contributed by atoms with Crippen LogP contribution in [0, 0.1) is 0 Å². The standard InChI is InChI=1S/C26H27ClN2O2/c1-31-24-13-7-20(8-14-24)19-25(30)28-15-17-29(18-16-28)26(21-5-3-2-4-6-21)22-9-11-23(27)12-10-22/h2-14,26H,15-19H2,1H3/t26-/m1/s1. The number of methoxy groups -OCH3 is 1. The van der Waals surface area contributed by atoms with Gasteiger partial charge >= 0.3 is 0 Å². The number of nitrogens with zero attached hydrogens (tertiary/aromatic N) is 2. The lowest BCUT2D eigenvalue weighted by Crippen LogP contribution is -2.50. The summed E-state index contributed by atoms with van der Waals surface area (Å²) in [7, 11) is 1.65. The number of rotatable bonds is 6. The molecule has 1 aliphatic rings. The van der Waals surface area contributed by atoms with Gasteiger partial charge in [-0.15, -0.1) is 0 Å². The molecule has 3 aromatic carbocycles. The van der Waals surface area contributed by atoms with Crippen molar-refractivity contribution in [1.29, 1.82) is 0 Å². The lowest BCUT2D eigenvalue weighted by Gasteiger charge is -2.40. The van der Waals surface area contributed by atoms with Crippen molar-refractivity contribution in [1.82, 2.24) is 9.80 Å². The normalized spacial score (nSPS) is 15.5. The first-order valence-corrected chi connectivity index (χ1v) is 11.0. The SMILES string of the molecule is COc1ccc(CC(=O)N2CCN([C@H](c3ccccc3)c3ccc(Cl)cc3)CC2)cc1. The van der Waals surface area contributed by atoms with Crippen LogP contribution in [0.1, 0.15) is 22.7 Å². The molecule has 1 heterocycles. The van der Waals surface area contributed by atoms with Gasteiger partial charge in [-0.1, -0.05) is 66.2 Å². The van der Waals surface area contributed by atoms with Gasteiger partial charge in [0.15, 0.2) is 0 Å². The van der Waals surface area contributed by atoms with Gasteiger partial charge in [0.25, 0.3) is 0 Å². The third-order valence-electron chi connectivity index (χ3n) is 5.85. The predicted octanol–water partition coefficient (Wildman–Crippen LogP) is 4.82. The average molecular weight is 435 g/mol. The number of amides is 1. The quantitative estimate of drug-likeness (QED) is 0.557. The molecule has 0 aromatic heterocycles. The van der Waals surface area contributed by atoms with Crippen LogP contribution in [0.3, 0.4) is 0 Å². The van der Waals surface area contributed by atoms with Crippen molar-refractivity contribution in [2.24, 2.45) is 0 Å². The number of ether oxygens (including phenoxy) is 1. The second-order valence-electron chi connectivity index (χ2n) is 7.81. The van der Waals surface area contributed by atoms with E-state index in [1.165, 1.54) is 11.1 Å². The maximum atomic E-state index is 12.8. The maximum Gasteiger partial charge on any atom is 0.227 e. The fourth-order valence-electron chi connectivity index (χ4n) is 4.15. The summed E-state index contributed by atoms with van der Waals surface area (Å²) in [6.45, 7) is 3.12. The molecule has 31 heavy (non-hydrogen) atoms. The summed E-state index contributed by atoms with van der Waals surface area (Å²) in [5.41, 5.74) is 3.48. The summed E-state index contributed by atoms with van der Waals surface area (Å²) in [6, 6.07) is 26.5. The van der Waals surface area contributed by atoms with Gasteiger partial charge in [0.1, 0.15) is 5.75 Å². The maximum absolute atomic E-state index is 12.8. The van der Waals surface area contributed by atoms with Crippen LogP contribution in [0.25, 0.3) is 0 Å². The van der Waals surface area contributed by atoms with Crippen LogP contribution in [0.5, 0.6) is 5.75 Å². The zero-order valence-corrected chi connectivity index (χ0v) is 18.5. The second kappa shape index (κ2) is 9.99. The molecule has 0 bridgehead atoms. The Morgan fingerprint density at radius 3 is 2.10 bits per heavy atom. The first-order chi connectivity index (χ1) is 15.1. The molecule has 1 saturated heterocycles. The molecule has 0 N–H and O–H groups in total. The summed E-state index contributed by atoms with van der Waals surface area (Å²) in [4.78, 5) is 17.3. The highest BCUT2D eigenvalue weighted by Gasteiger charge is 2.28. The van der Waals surface area contributed by atoms with Crippen molar-refractivity contribution in [3.8, 4) is 5.75 Å². The Bertz CT molecular complexity index is 982. The molecular weight excluding hydrogens is 408 g/mol. The highest BCUT2D eigenvalue weighted by molar-refractivity contribution is 6.30. The summed E-state index contributed by atoms with van der Waals surface area (Å²) in [5, 5.41) is 0.740. The topological polar surface area (TPSA) is 32.8 Å². The molecule has 1 aliphatic heterocycles. The number of benzene rings is 3. The zero-order chi connectivity index (χ0) is 21.6. The van der Waals surface area contributed by atoms with E-state index in [-0.39, 0.29) is 11.9 Å². The van der Waals surface area contributed by atoms with Crippen LogP contribution in [-0.2, 0) is 11.2 Å². The Hall–Kier alpha value is -2.82. The van der Waals surface area contributed by atoms with Crippen molar-refractivity contribution in [2.75, 3.05) is 33.3 Å². The Labute approximate surface area is 189 Å². The largest absolute Gasteiger partial charge is 0.497 e. The van der Waals surface area contributed by atoms with E-state index in [1.807, 2.05) is 47.4 Å². The number of carbonyl (C=O) groups excluding carboxylic acids is 1. The highest BCUT2D eigenvalue weighted by atomic mass is 35.5. The monoisotopic (exact) mass is 434 g/mol. The molecule has 1 fully saturated rings. The van der Waals surface area contributed by atoms with E-state index in [0.29, 0.717) is 6.42 Å². The van der Waals surface area contributed by atoms with Gasteiger partial charge < -0.3 is 9.64 Å². The predicted molar refractivity (Wildman–Crippen MR) is 125 cm³/mol. The minimum Gasteiger partial charge on any atom is -0.497 e. The molecule has 0 spiro atoms. The van der Waals surface area contributed by atoms with Crippen LogP contribution < -0.4 is 4.74 Å². The first kappa shape index (κ1) is 21.4. The van der Waals surface area contributed by atoms with E-state index in [1.54, 1.807) is 7.11 Å². The zero-order valence-electron chi connectivity index (χ0n) is 17.7. The number of hydrogen-bond donors (Lipinski definition) is 0. The average Bonchev–Trinajstić information content (AvgIpc) is 2.82. The van der Waals surface area contributed by atoms with Gasteiger partial charge in [-0.25, -0.2) is 0 Å². The lowest BCUT2D eigenvalue weighted by atomic mass is 9.96. The van der Waals surface area contributed by atoms with Crippen molar-refractivity contribution in [3.05, 3.63) is 101 Å². The molecular formula is C26H27ClN2O2. The van der Waals surface area contributed by atoms with Gasteiger partial charge in [0.2, 0.25) is 5.91 Å². The van der Waals surface area contributed by atoms with E-state index >= 15 is 0 Å². The molecule has 0 saturated carbocycles. The highest BCUT2D eigenvalue weighted by Crippen LogP contribution is 2.30. The molecule has 3 aromatic rings. The summed E-state index contributed by atoms with van der Waals surface area (Å²) < 4.78 is 5.20. The van der Waals surface area contributed by atoms with Crippen molar-refractivity contribution >= 4 is 17.5 Å². The molecule has 4 rings (SSSR count). The van der Waals surface area contributed by atoms with Gasteiger partial charge in [-0.2, -0.15) is 0 Å². The third-order valence-corrected chi connectivity index (χ3v) is 6.10. The first-order valence-electron chi connectivity index (χ1n) is 10.6. The van der Waals surface area contributed by atoms with E-state index < -0.39 is 0 Å². The lowest BCUT2D eigenvalue weighted by molar-refractivity contribution is -0.132. The number of halogens is 1. The van der Waals surface area contributed by atoms with E-state index in [9.17, 15) is 4.79 Å². The molecule has 1 atom stereocenters. The number of hydrogen-bond acceptors (Lipinski definition) is 3. The third kappa shape index (κ3) is 5.27. The van der Waals surface area contributed by atoms with E-state index in [4.69, 9.17) is 16.3 Å². The molecule has 0 unspecified atom stereocenters. The molecule has 1 amide bonds. The molecule has 160 valence electrons. The van der Waals surface area contributed by atoms with Gasteiger partial charge in [0, 0.05) is 31.2 Å². The second-order valence-corrected chi connectivity index (χ2v) is 8.24. The van der Waals surface area contributed by atoms with Crippen LogP contribution >= 0.6 is 11.6 Å². The Morgan fingerprint density at radius 1 is 0.871 bits per heavy atom. The summed E-state index contributed by atoms with van der Waals surface area (Å²) >= 11 is 6.12. The minimum atomic E-state index is 0.150. The number of carbonyl (C=O) groups is 1.